The largest absolute Gasteiger partial charge is 0.383 e. The van der Waals surface area contributed by atoms with E-state index in [9.17, 15) is 0 Å². The molecule has 0 radical (unpaired) electrons. The van der Waals surface area contributed by atoms with Gasteiger partial charge in [-0.3, -0.25) is 4.98 Å². The second-order valence-electron chi connectivity index (χ2n) is 4.98. The Labute approximate surface area is 126 Å². The molecular formula is C17H23N3O. The van der Waals surface area contributed by atoms with Crippen LogP contribution < -0.4 is 10.2 Å². The predicted octanol–water partition coefficient (Wildman–Crippen LogP) is 2.45. The molecule has 0 unspecified atom stereocenters. The van der Waals surface area contributed by atoms with Crippen molar-refractivity contribution in [3.05, 3.63) is 59.9 Å². The smallest absolute Gasteiger partial charge is 0.0598 e. The quantitative estimate of drug-likeness (QED) is 0.756. The topological polar surface area (TPSA) is 37.4 Å². The highest BCUT2D eigenvalue weighted by molar-refractivity contribution is 5.53. The Hall–Kier alpha value is -1.91. The molecule has 0 atom stereocenters. The summed E-state index contributed by atoms with van der Waals surface area (Å²) in [4.78, 5) is 6.62. The lowest BCUT2D eigenvalue weighted by Crippen LogP contribution is -2.22. The second-order valence-corrected chi connectivity index (χ2v) is 4.98. The first-order valence-corrected chi connectivity index (χ1v) is 7.20. The van der Waals surface area contributed by atoms with Crippen molar-refractivity contribution in [2.24, 2.45) is 0 Å². The van der Waals surface area contributed by atoms with Crippen LogP contribution in [0.1, 0.15) is 11.3 Å². The number of para-hydroxylation sites is 1. The summed E-state index contributed by atoms with van der Waals surface area (Å²) in [6, 6.07) is 14.5. The standard InChI is InChI=1S/C17H23N3O/c1-20(14-16-8-5-6-10-19-16)17-9-4-3-7-15(17)13-18-11-12-21-2/h3-10,18H,11-14H2,1-2H3. The molecule has 1 N–H and O–H groups in total. The van der Waals surface area contributed by atoms with E-state index in [0.717, 1.165) is 31.9 Å². The summed E-state index contributed by atoms with van der Waals surface area (Å²) in [5.74, 6) is 0. The number of nitrogens with zero attached hydrogens (tertiary/aromatic N) is 2. The van der Waals surface area contributed by atoms with Gasteiger partial charge in [-0.25, -0.2) is 0 Å². The van der Waals surface area contributed by atoms with Gasteiger partial charge in [-0.15, -0.1) is 0 Å². The van der Waals surface area contributed by atoms with Crippen LogP contribution in [-0.2, 0) is 17.8 Å². The molecule has 0 bridgehead atoms. The van der Waals surface area contributed by atoms with E-state index in [1.807, 2.05) is 18.3 Å². The highest BCUT2D eigenvalue weighted by Crippen LogP contribution is 2.20. The summed E-state index contributed by atoms with van der Waals surface area (Å²) in [7, 11) is 3.82. The molecule has 0 saturated carbocycles. The van der Waals surface area contributed by atoms with Crippen LogP contribution in [0.25, 0.3) is 0 Å². The fourth-order valence-electron chi connectivity index (χ4n) is 2.25. The van der Waals surface area contributed by atoms with Gasteiger partial charge in [0.15, 0.2) is 0 Å². The minimum atomic E-state index is 0.728. The maximum Gasteiger partial charge on any atom is 0.0598 e. The molecular weight excluding hydrogens is 262 g/mol. The summed E-state index contributed by atoms with van der Waals surface area (Å²) in [5, 5.41) is 3.39. The van der Waals surface area contributed by atoms with Crippen LogP contribution in [0.5, 0.6) is 0 Å². The predicted molar refractivity (Wildman–Crippen MR) is 86.4 cm³/mol. The number of benzene rings is 1. The number of ether oxygens (including phenoxy) is 1. The van der Waals surface area contributed by atoms with E-state index < -0.39 is 0 Å². The van der Waals surface area contributed by atoms with E-state index in [0.29, 0.717) is 0 Å². The molecule has 0 saturated heterocycles. The van der Waals surface area contributed by atoms with Crippen LogP contribution in [-0.4, -0.2) is 32.3 Å². The molecule has 1 aromatic carbocycles. The number of hydrogen-bond donors (Lipinski definition) is 1. The van der Waals surface area contributed by atoms with Gasteiger partial charge in [-0.2, -0.15) is 0 Å². The normalized spacial score (nSPS) is 10.6. The van der Waals surface area contributed by atoms with Gasteiger partial charge in [-0.05, 0) is 23.8 Å². The summed E-state index contributed by atoms with van der Waals surface area (Å²) >= 11 is 0. The number of pyridine rings is 1. The number of aromatic nitrogens is 1. The van der Waals surface area contributed by atoms with Crippen LogP contribution in [0.15, 0.2) is 48.7 Å². The molecule has 2 aromatic rings. The Kier molecular flexibility index (Phi) is 6.19. The molecule has 4 nitrogen and oxygen atoms in total. The molecule has 0 amide bonds. The fraction of sp³-hybridized carbons (Fsp3) is 0.353. The molecule has 0 aliphatic carbocycles. The number of nitrogens with one attached hydrogen (secondary N) is 1. The van der Waals surface area contributed by atoms with E-state index in [1.165, 1.54) is 11.3 Å². The molecule has 0 aliphatic heterocycles. The monoisotopic (exact) mass is 285 g/mol. The summed E-state index contributed by atoms with van der Waals surface area (Å²) in [6.45, 7) is 3.22. The van der Waals surface area contributed by atoms with Crippen LogP contribution in [0.3, 0.4) is 0 Å². The molecule has 1 aromatic heterocycles. The fourth-order valence-corrected chi connectivity index (χ4v) is 2.25. The lowest BCUT2D eigenvalue weighted by molar-refractivity contribution is 0.199. The van der Waals surface area contributed by atoms with Crippen molar-refractivity contribution in [2.45, 2.75) is 13.1 Å². The first-order chi connectivity index (χ1) is 10.3. The van der Waals surface area contributed by atoms with E-state index in [-0.39, 0.29) is 0 Å². The molecule has 0 aliphatic rings. The lowest BCUT2D eigenvalue weighted by Gasteiger charge is -2.22. The molecule has 1 heterocycles. The zero-order chi connectivity index (χ0) is 14.9. The molecule has 112 valence electrons. The first-order valence-electron chi connectivity index (χ1n) is 7.20. The number of hydrogen-bond acceptors (Lipinski definition) is 4. The third kappa shape index (κ3) is 4.85. The van der Waals surface area contributed by atoms with E-state index in [4.69, 9.17) is 4.74 Å². The molecule has 0 spiro atoms. The van der Waals surface area contributed by atoms with Crippen molar-refractivity contribution >= 4 is 5.69 Å². The van der Waals surface area contributed by atoms with Crippen molar-refractivity contribution in [1.29, 1.82) is 0 Å². The van der Waals surface area contributed by atoms with Gasteiger partial charge in [0.05, 0.1) is 18.8 Å². The van der Waals surface area contributed by atoms with Gasteiger partial charge in [0.1, 0.15) is 0 Å². The van der Waals surface area contributed by atoms with Gasteiger partial charge >= 0.3 is 0 Å². The highest BCUT2D eigenvalue weighted by atomic mass is 16.5. The van der Waals surface area contributed by atoms with Gasteiger partial charge in [0, 0.05) is 39.1 Å². The van der Waals surface area contributed by atoms with Crippen molar-refractivity contribution in [3.63, 3.8) is 0 Å². The lowest BCUT2D eigenvalue weighted by atomic mass is 10.1. The maximum absolute atomic E-state index is 5.06. The van der Waals surface area contributed by atoms with Gasteiger partial charge in [0.2, 0.25) is 0 Å². The zero-order valence-electron chi connectivity index (χ0n) is 12.7. The third-order valence-corrected chi connectivity index (χ3v) is 3.33. The van der Waals surface area contributed by atoms with Crippen LogP contribution in [0, 0.1) is 0 Å². The molecule has 21 heavy (non-hydrogen) atoms. The summed E-state index contributed by atoms with van der Waals surface area (Å²) < 4.78 is 5.06. The Bertz CT molecular complexity index is 531. The van der Waals surface area contributed by atoms with Gasteiger partial charge in [0.25, 0.3) is 0 Å². The third-order valence-electron chi connectivity index (χ3n) is 3.33. The Morgan fingerprint density at radius 2 is 1.95 bits per heavy atom. The Morgan fingerprint density at radius 1 is 1.14 bits per heavy atom. The highest BCUT2D eigenvalue weighted by Gasteiger charge is 2.07. The maximum atomic E-state index is 5.06. The first kappa shape index (κ1) is 15.5. The van der Waals surface area contributed by atoms with Crippen molar-refractivity contribution in [2.75, 3.05) is 32.2 Å². The SMILES string of the molecule is COCCNCc1ccccc1N(C)Cc1ccccn1. The van der Waals surface area contributed by atoms with E-state index in [2.05, 4.69) is 52.6 Å². The number of methoxy groups -OCH3 is 1. The number of anilines is 1. The van der Waals surface area contributed by atoms with E-state index >= 15 is 0 Å². The average Bonchev–Trinajstić information content (AvgIpc) is 2.53. The average molecular weight is 285 g/mol. The minimum absolute atomic E-state index is 0.728. The Morgan fingerprint density at radius 3 is 2.71 bits per heavy atom. The summed E-state index contributed by atoms with van der Waals surface area (Å²) in [6.07, 6.45) is 1.83. The molecule has 4 heteroatoms. The molecule has 2 rings (SSSR count). The van der Waals surface area contributed by atoms with Crippen molar-refractivity contribution in [3.8, 4) is 0 Å². The van der Waals surface area contributed by atoms with Gasteiger partial charge in [-0.1, -0.05) is 24.3 Å². The van der Waals surface area contributed by atoms with E-state index in [1.54, 1.807) is 7.11 Å². The van der Waals surface area contributed by atoms with Crippen LogP contribution in [0.2, 0.25) is 0 Å². The second kappa shape index (κ2) is 8.39. The van der Waals surface area contributed by atoms with Crippen molar-refractivity contribution < 1.29 is 4.74 Å². The molecule has 0 fully saturated rings. The van der Waals surface area contributed by atoms with Crippen molar-refractivity contribution in [1.82, 2.24) is 10.3 Å². The Balaban J connectivity index is 2.01. The zero-order valence-corrected chi connectivity index (χ0v) is 12.7. The number of rotatable bonds is 8. The van der Waals surface area contributed by atoms with Gasteiger partial charge < -0.3 is 15.0 Å². The summed E-state index contributed by atoms with van der Waals surface area (Å²) in [5.41, 5.74) is 3.59. The van der Waals surface area contributed by atoms with Crippen LogP contribution in [0.4, 0.5) is 5.69 Å². The minimum Gasteiger partial charge on any atom is -0.383 e. The van der Waals surface area contributed by atoms with Crippen LogP contribution >= 0.6 is 0 Å².